The molecular formula is C26H25NO4. The molecule has 5 rings (SSSR count). The van der Waals surface area contributed by atoms with Crippen molar-refractivity contribution in [2.75, 3.05) is 6.54 Å². The minimum absolute atomic E-state index is 0.114. The number of rotatable bonds is 4. The highest BCUT2D eigenvalue weighted by atomic mass is 17.2. The van der Waals surface area contributed by atoms with E-state index in [1.165, 1.54) is 0 Å². The van der Waals surface area contributed by atoms with Crippen LogP contribution in [0.3, 0.4) is 0 Å². The summed E-state index contributed by atoms with van der Waals surface area (Å²) in [7, 11) is 0. The summed E-state index contributed by atoms with van der Waals surface area (Å²) in [6, 6.07) is 29.4. The zero-order valence-corrected chi connectivity index (χ0v) is 17.2. The van der Waals surface area contributed by atoms with Gasteiger partial charge >= 0.3 is 0 Å². The van der Waals surface area contributed by atoms with Crippen molar-refractivity contribution < 1.29 is 19.7 Å². The third-order valence-corrected chi connectivity index (χ3v) is 6.41. The molecule has 3 aromatic rings. The van der Waals surface area contributed by atoms with Gasteiger partial charge < -0.3 is 10.0 Å². The van der Waals surface area contributed by atoms with Crippen molar-refractivity contribution in [2.24, 2.45) is 5.92 Å². The molecule has 5 heteroatoms. The maximum atomic E-state index is 13.6. The van der Waals surface area contributed by atoms with Crippen molar-refractivity contribution >= 4 is 5.91 Å². The zero-order valence-electron chi connectivity index (χ0n) is 17.2. The summed E-state index contributed by atoms with van der Waals surface area (Å²) in [5, 5.41) is 11.2. The molecule has 2 aliphatic heterocycles. The van der Waals surface area contributed by atoms with E-state index >= 15 is 0 Å². The van der Waals surface area contributed by atoms with E-state index in [0.717, 1.165) is 16.7 Å². The fraction of sp³-hybridized carbons (Fsp3) is 0.269. The molecule has 5 nitrogen and oxygen atoms in total. The van der Waals surface area contributed by atoms with Gasteiger partial charge in [0.2, 0.25) is 11.7 Å². The van der Waals surface area contributed by atoms with Crippen molar-refractivity contribution in [3.63, 3.8) is 0 Å². The molecule has 0 saturated carbocycles. The smallest absolute Gasteiger partial charge is 0.231 e. The first kappa shape index (κ1) is 19.9. The van der Waals surface area contributed by atoms with E-state index in [-0.39, 0.29) is 5.91 Å². The maximum absolute atomic E-state index is 13.6. The highest BCUT2D eigenvalue weighted by Crippen LogP contribution is 2.49. The van der Waals surface area contributed by atoms with Gasteiger partial charge in [0.05, 0.1) is 5.92 Å². The molecule has 1 N–H and O–H groups in total. The topological polar surface area (TPSA) is 59.0 Å². The summed E-state index contributed by atoms with van der Waals surface area (Å²) in [6.07, 6.45) is 0.595. The number of carbonyl (C=O) groups excluding carboxylic acids is 1. The minimum Gasteiger partial charge on any atom is -0.363 e. The summed E-state index contributed by atoms with van der Waals surface area (Å²) in [5.41, 5.74) is 1.85. The molecule has 2 aliphatic rings. The van der Waals surface area contributed by atoms with Crippen molar-refractivity contribution in [1.29, 1.82) is 0 Å². The predicted molar refractivity (Wildman–Crippen MR) is 115 cm³/mol. The van der Waals surface area contributed by atoms with E-state index in [9.17, 15) is 9.90 Å². The molecule has 2 unspecified atom stereocenters. The van der Waals surface area contributed by atoms with Gasteiger partial charge in [-0.05, 0) is 16.7 Å². The van der Waals surface area contributed by atoms with E-state index in [1.54, 1.807) is 0 Å². The van der Waals surface area contributed by atoms with Crippen molar-refractivity contribution in [3.05, 3.63) is 108 Å². The molecule has 0 aromatic heterocycles. The predicted octanol–water partition coefficient (Wildman–Crippen LogP) is 4.02. The first-order valence-corrected chi connectivity index (χ1v) is 10.6. The first-order chi connectivity index (χ1) is 15.1. The Morgan fingerprint density at radius 2 is 1.39 bits per heavy atom. The summed E-state index contributed by atoms with van der Waals surface area (Å²) in [6.45, 7) is 0.921. The van der Waals surface area contributed by atoms with Crippen LogP contribution in [-0.4, -0.2) is 28.2 Å². The number of aliphatic hydroxyl groups is 1. The summed E-state index contributed by atoms with van der Waals surface area (Å²) < 4.78 is 0. The Kier molecular flexibility index (Phi) is 5.10. The summed E-state index contributed by atoms with van der Waals surface area (Å²) in [5.74, 6) is -2.48. The molecule has 2 fully saturated rings. The van der Waals surface area contributed by atoms with E-state index in [1.807, 2.05) is 95.9 Å². The lowest BCUT2D eigenvalue weighted by Gasteiger charge is -2.50. The molecule has 2 atom stereocenters. The van der Waals surface area contributed by atoms with Gasteiger partial charge in [0, 0.05) is 25.9 Å². The van der Waals surface area contributed by atoms with E-state index < -0.39 is 17.3 Å². The largest absolute Gasteiger partial charge is 0.363 e. The number of nitrogens with zero attached hydrogens (tertiary/aromatic N) is 1. The molecule has 158 valence electrons. The molecule has 31 heavy (non-hydrogen) atoms. The van der Waals surface area contributed by atoms with Gasteiger partial charge in [-0.2, -0.15) is 4.89 Å². The van der Waals surface area contributed by atoms with E-state index in [2.05, 4.69) is 0 Å². The highest BCUT2D eigenvalue weighted by Gasteiger charge is 2.58. The average Bonchev–Trinajstić information content (AvgIpc) is 2.83. The van der Waals surface area contributed by atoms with Crippen LogP contribution in [0.5, 0.6) is 0 Å². The van der Waals surface area contributed by atoms with Crippen LogP contribution in [0.15, 0.2) is 91.0 Å². The van der Waals surface area contributed by atoms with Gasteiger partial charge in [0.25, 0.3) is 0 Å². The van der Waals surface area contributed by atoms with Crippen LogP contribution in [0, 0.1) is 5.92 Å². The molecular weight excluding hydrogens is 390 g/mol. The van der Waals surface area contributed by atoms with Crippen molar-refractivity contribution in [2.45, 2.75) is 30.8 Å². The number of fused-ring (bicyclic) bond motifs is 1. The quantitative estimate of drug-likeness (QED) is 0.654. The fourth-order valence-electron chi connectivity index (χ4n) is 4.68. The number of likely N-dealkylation sites (tertiary alicyclic amines) is 1. The average molecular weight is 415 g/mol. The number of amides is 1. The number of piperidine rings is 1. The Labute approximate surface area is 181 Å². The molecule has 1 amide bonds. The molecule has 0 radical (unpaired) electrons. The number of hydrogen-bond acceptors (Lipinski definition) is 4. The van der Waals surface area contributed by atoms with E-state index in [4.69, 9.17) is 9.78 Å². The third kappa shape index (κ3) is 3.55. The van der Waals surface area contributed by atoms with Crippen LogP contribution < -0.4 is 0 Å². The standard InChI is InChI=1S/C26H25NO4/c28-24-23-18-25(21-12-6-2-7-13-21,22-14-8-3-9-15-22)30-31-26(23,29)16-17-27(24)19-20-10-4-1-5-11-20/h1-15,23,29H,16-19H2. The van der Waals surface area contributed by atoms with Gasteiger partial charge in [-0.1, -0.05) is 91.0 Å². The molecule has 0 aliphatic carbocycles. The molecule has 2 heterocycles. The van der Waals surface area contributed by atoms with Crippen LogP contribution in [0.2, 0.25) is 0 Å². The van der Waals surface area contributed by atoms with Crippen LogP contribution in [-0.2, 0) is 26.7 Å². The van der Waals surface area contributed by atoms with Crippen LogP contribution >= 0.6 is 0 Å². The Bertz CT molecular complexity index is 1000. The lowest BCUT2D eigenvalue weighted by molar-refractivity contribution is -0.497. The number of benzene rings is 3. The van der Waals surface area contributed by atoms with Gasteiger partial charge in [-0.15, -0.1) is 0 Å². The summed E-state index contributed by atoms with van der Waals surface area (Å²) in [4.78, 5) is 27.0. The first-order valence-electron chi connectivity index (χ1n) is 10.6. The second-order valence-corrected chi connectivity index (χ2v) is 8.32. The lowest BCUT2D eigenvalue weighted by Crippen LogP contribution is -2.62. The number of hydrogen-bond donors (Lipinski definition) is 1. The lowest BCUT2D eigenvalue weighted by atomic mass is 9.73. The van der Waals surface area contributed by atoms with Gasteiger partial charge in [-0.25, -0.2) is 4.89 Å². The molecule has 0 spiro atoms. The fourth-order valence-corrected chi connectivity index (χ4v) is 4.68. The van der Waals surface area contributed by atoms with Crippen molar-refractivity contribution in [3.8, 4) is 0 Å². The molecule has 3 aromatic carbocycles. The Balaban J connectivity index is 1.51. The van der Waals surface area contributed by atoms with Crippen molar-refractivity contribution in [1.82, 2.24) is 4.90 Å². The second kappa shape index (κ2) is 7.93. The Morgan fingerprint density at radius 3 is 1.97 bits per heavy atom. The van der Waals surface area contributed by atoms with Gasteiger partial charge in [0.15, 0.2) is 5.60 Å². The Hall–Kier alpha value is -2.99. The SMILES string of the molecule is O=C1C2CC(c3ccccc3)(c3ccccc3)OOC2(O)CCN1Cc1ccccc1. The molecule has 2 saturated heterocycles. The second-order valence-electron chi connectivity index (χ2n) is 8.32. The van der Waals surface area contributed by atoms with Crippen LogP contribution in [0.4, 0.5) is 0 Å². The van der Waals surface area contributed by atoms with E-state index in [0.29, 0.717) is 25.9 Å². The van der Waals surface area contributed by atoms with Crippen LogP contribution in [0.25, 0.3) is 0 Å². The van der Waals surface area contributed by atoms with Gasteiger partial charge in [0.1, 0.15) is 0 Å². The monoisotopic (exact) mass is 415 g/mol. The highest BCUT2D eigenvalue weighted by molar-refractivity contribution is 5.81. The normalized spacial score (nSPS) is 25.1. The minimum atomic E-state index is -1.63. The zero-order chi connectivity index (χ0) is 21.3. The summed E-state index contributed by atoms with van der Waals surface area (Å²) >= 11 is 0. The maximum Gasteiger partial charge on any atom is 0.231 e. The van der Waals surface area contributed by atoms with Crippen LogP contribution in [0.1, 0.15) is 29.5 Å². The number of carbonyl (C=O) groups is 1. The Morgan fingerprint density at radius 1 is 0.839 bits per heavy atom. The molecule has 0 bridgehead atoms. The van der Waals surface area contributed by atoms with Gasteiger partial charge in [-0.3, -0.25) is 4.79 Å². The third-order valence-electron chi connectivity index (χ3n) is 6.41.